The molecular weight excluding hydrogens is 555 g/mol. The number of nitro benzene ring substituents is 1. The summed E-state index contributed by atoms with van der Waals surface area (Å²) in [6, 6.07) is 22.4. The number of rotatable bonds is 11. The Morgan fingerprint density at radius 1 is 0.929 bits per heavy atom. The van der Waals surface area contributed by atoms with Crippen molar-refractivity contribution in [2.75, 3.05) is 6.61 Å². The first-order valence-corrected chi connectivity index (χ1v) is 12.5. The topological polar surface area (TPSA) is 112 Å². The summed E-state index contributed by atoms with van der Waals surface area (Å²) < 4.78 is 55.7. The van der Waals surface area contributed by atoms with E-state index in [1.165, 1.54) is 18.3 Å². The number of amides is 1. The fourth-order valence-electron chi connectivity index (χ4n) is 3.67. The molecule has 12 heteroatoms. The highest BCUT2D eigenvalue weighted by atomic mass is 19.4. The standard InChI is InChI=1S/C30H24F3N3O6/c1-2-40-28-16-22(10-14-27(28)41-19-21-6-4-3-5-7-21)29(37)35-34-18-20-8-12-24(13-9-20)42-26-15-11-23(30(31,32)33)17-25(26)36(38)39/h3-18H,2,19H2,1H3,(H,35,37)/b34-18+. The lowest BCUT2D eigenvalue weighted by Gasteiger charge is -2.13. The molecule has 9 nitrogen and oxygen atoms in total. The third kappa shape index (κ3) is 7.84. The number of carbonyl (C=O) groups is 1. The maximum atomic E-state index is 12.9. The second kappa shape index (κ2) is 13.3. The number of hydrogen-bond acceptors (Lipinski definition) is 7. The van der Waals surface area contributed by atoms with Gasteiger partial charge in [-0.3, -0.25) is 14.9 Å². The summed E-state index contributed by atoms with van der Waals surface area (Å²) >= 11 is 0. The minimum atomic E-state index is -4.73. The minimum Gasteiger partial charge on any atom is -0.490 e. The van der Waals surface area contributed by atoms with Gasteiger partial charge in [-0.1, -0.05) is 30.3 Å². The number of hydrogen-bond donors (Lipinski definition) is 1. The van der Waals surface area contributed by atoms with E-state index < -0.39 is 28.3 Å². The van der Waals surface area contributed by atoms with Crippen LogP contribution in [-0.2, 0) is 12.8 Å². The van der Waals surface area contributed by atoms with Gasteiger partial charge >= 0.3 is 11.9 Å². The lowest BCUT2D eigenvalue weighted by atomic mass is 10.2. The molecule has 0 aromatic heterocycles. The predicted octanol–water partition coefficient (Wildman–Crippen LogP) is 7.15. The Balaban J connectivity index is 1.37. The van der Waals surface area contributed by atoms with E-state index in [9.17, 15) is 28.1 Å². The SMILES string of the molecule is CCOc1cc(C(=O)N/N=C/c2ccc(Oc3ccc(C(F)(F)F)cc3[N+](=O)[O-])cc2)ccc1OCc1ccccc1. The molecule has 1 N–H and O–H groups in total. The Hall–Kier alpha value is -5.39. The van der Waals surface area contributed by atoms with Crippen LogP contribution in [-0.4, -0.2) is 23.7 Å². The molecule has 0 aliphatic carbocycles. The summed E-state index contributed by atoms with van der Waals surface area (Å²) in [6.07, 6.45) is -3.37. The zero-order valence-electron chi connectivity index (χ0n) is 22.1. The Morgan fingerprint density at radius 3 is 2.31 bits per heavy atom. The molecule has 42 heavy (non-hydrogen) atoms. The van der Waals surface area contributed by atoms with E-state index >= 15 is 0 Å². The normalized spacial score (nSPS) is 11.2. The number of nitrogens with zero attached hydrogens (tertiary/aromatic N) is 2. The van der Waals surface area contributed by atoms with Crippen LogP contribution in [0.15, 0.2) is 96.1 Å². The molecule has 0 spiro atoms. The maximum absolute atomic E-state index is 12.9. The fraction of sp³-hybridized carbons (Fsp3) is 0.133. The molecular formula is C30H24F3N3O6. The van der Waals surface area contributed by atoms with Crippen LogP contribution in [0.4, 0.5) is 18.9 Å². The highest BCUT2D eigenvalue weighted by Gasteiger charge is 2.33. The molecule has 0 radical (unpaired) electrons. The van der Waals surface area contributed by atoms with E-state index in [0.717, 1.165) is 11.6 Å². The molecule has 1 amide bonds. The van der Waals surface area contributed by atoms with Crippen LogP contribution in [0.1, 0.15) is 34.0 Å². The van der Waals surface area contributed by atoms with Gasteiger partial charge in [0, 0.05) is 11.6 Å². The first-order valence-electron chi connectivity index (χ1n) is 12.5. The van der Waals surface area contributed by atoms with Crippen molar-refractivity contribution in [3.05, 3.63) is 123 Å². The zero-order chi connectivity index (χ0) is 30.1. The van der Waals surface area contributed by atoms with Gasteiger partial charge in [-0.25, -0.2) is 5.43 Å². The number of nitrogens with one attached hydrogen (secondary N) is 1. The molecule has 0 fully saturated rings. The molecule has 0 bridgehead atoms. The van der Waals surface area contributed by atoms with Gasteiger partial charge < -0.3 is 14.2 Å². The van der Waals surface area contributed by atoms with Crippen LogP contribution in [0.25, 0.3) is 0 Å². The van der Waals surface area contributed by atoms with Gasteiger partial charge in [-0.2, -0.15) is 18.3 Å². The molecule has 4 rings (SSSR count). The van der Waals surface area contributed by atoms with Crippen LogP contribution >= 0.6 is 0 Å². The average molecular weight is 580 g/mol. The maximum Gasteiger partial charge on any atom is 0.416 e. The largest absolute Gasteiger partial charge is 0.490 e. The Morgan fingerprint density at radius 2 is 1.64 bits per heavy atom. The van der Waals surface area contributed by atoms with Gasteiger partial charge in [-0.05, 0) is 72.6 Å². The first kappa shape index (κ1) is 29.6. The smallest absolute Gasteiger partial charge is 0.416 e. The van der Waals surface area contributed by atoms with E-state index in [4.69, 9.17) is 14.2 Å². The van der Waals surface area contributed by atoms with E-state index in [0.29, 0.717) is 48.0 Å². The molecule has 0 unspecified atom stereocenters. The van der Waals surface area contributed by atoms with Crippen molar-refractivity contribution >= 4 is 17.8 Å². The monoisotopic (exact) mass is 579 g/mol. The molecule has 0 saturated heterocycles. The van der Waals surface area contributed by atoms with Gasteiger partial charge in [0.05, 0.1) is 23.3 Å². The average Bonchev–Trinajstić information content (AvgIpc) is 2.97. The molecule has 0 aliphatic heterocycles. The van der Waals surface area contributed by atoms with Crippen molar-refractivity contribution in [3.63, 3.8) is 0 Å². The van der Waals surface area contributed by atoms with Crippen LogP contribution in [0.3, 0.4) is 0 Å². The van der Waals surface area contributed by atoms with Gasteiger partial charge in [0.15, 0.2) is 11.5 Å². The summed E-state index contributed by atoms with van der Waals surface area (Å²) in [7, 11) is 0. The van der Waals surface area contributed by atoms with Crippen LogP contribution < -0.4 is 19.6 Å². The number of nitro groups is 1. The van der Waals surface area contributed by atoms with Crippen LogP contribution in [0.5, 0.6) is 23.0 Å². The minimum absolute atomic E-state index is 0.150. The second-order valence-corrected chi connectivity index (χ2v) is 8.68. The van der Waals surface area contributed by atoms with Crippen molar-refractivity contribution in [1.82, 2.24) is 5.43 Å². The van der Waals surface area contributed by atoms with E-state index in [1.54, 1.807) is 30.3 Å². The van der Waals surface area contributed by atoms with E-state index in [1.807, 2.05) is 37.3 Å². The molecule has 0 atom stereocenters. The molecule has 0 aliphatic rings. The van der Waals surface area contributed by atoms with Crippen molar-refractivity contribution < 1.29 is 37.1 Å². The quantitative estimate of drug-likeness (QED) is 0.115. The number of ether oxygens (including phenoxy) is 3. The van der Waals surface area contributed by atoms with Crippen LogP contribution in [0, 0.1) is 10.1 Å². The van der Waals surface area contributed by atoms with E-state index in [2.05, 4.69) is 10.5 Å². The molecule has 4 aromatic rings. The lowest BCUT2D eigenvalue weighted by molar-refractivity contribution is -0.385. The molecule has 0 heterocycles. The van der Waals surface area contributed by atoms with E-state index in [-0.39, 0.29) is 11.5 Å². The van der Waals surface area contributed by atoms with Gasteiger partial charge in [0.1, 0.15) is 12.4 Å². The van der Waals surface area contributed by atoms with Crippen molar-refractivity contribution in [1.29, 1.82) is 0 Å². The Kier molecular flexibility index (Phi) is 9.38. The summed E-state index contributed by atoms with van der Waals surface area (Å²) in [5.41, 5.74) is 2.27. The second-order valence-electron chi connectivity index (χ2n) is 8.68. The van der Waals surface area contributed by atoms with Gasteiger partial charge in [-0.15, -0.1) is 0 Å². The molecule has 216 valence electrons. The summed E-state index contributed by atoms with van der Waals surface area (Å²) in [6.45, 7) is 2.53. The first-order chi connectivity index (χ1) is 20.1. The number of carbonyl (C=O) groups excluding carboxylic acids is 1. The molecule has 0 saturated carbocycles. The van der Waals surface area contributed by atoms with Crippen molar-refractivity contribution in [2.24, 2.45) is 5.10 Å². The zero-order valence-corrected chi connectivity index (χ0v) is 22.1. The third-order valence-corrected chi connectivity index (χ3v) is 5.71. The number of alkyl halides is 3. The lowest BCUT2D eigenvalue weighted by Crippen LogP contribution is -2.17. The summed E-state index contributed by atoms with van der Waals surface area (Å²) in [5, 5.41) is 15.2. The predicted molar refractivity (Wildman–Crippen MR) is 148 cm³/mol. The van der Waals surface area contributed by atoms with Gasteiger partial charge in [0.25, 0.3) is 5.91 Å². The summed E-state index contributed by atoms with van der Waals surface area (Å²) in [4.78, 5) is 23.0. The number of halogens is 3. The number of benzene rings is 4. The Bertz CT molecular complexity index is 1580. The summed E-state index contributed by atoms with van der Waals surface area (Å²) in [5.74, 6) is 0.219. The number of hydrazone groups is 1. The van der Waals surface area contributed by atoms with Gasteiger partial charge in [0.2, 0.25) is 5.75 Å². The third-order valence-electron chi connectivity index (χ3n) is 5.71. The highest BCUT2D eigenvalue weighted by Crippen LogP contribution is 2.38. The molecule has 4 aromatic carbocycles. The van der Waals surface area contributed by atoms with Crippen molar-refractivity contribution in [3.8, 4) is 23.0 Å². The highest BCUT2D eigenvalue weighted by molar-refractivity contribution is 5.95. The van der Waals surface area contributed by atoms with Crippen LogP contribution in [0.2, 0.25) is 0 Å². The fourth-order valence-corrected chi connectivity index (χ4v) is 3.67. The Labute approximate surface area is 238 Å². The van der Waals surface area contributed by atoms with Crippen molar-refractivity contribution in [2.45, 2.75) is 19.7 Å².